The van der Waals surface area contributed by atoms with Gasteiger partial charge in [0, 0.05) is 11.4 Å². The van der Waals surface area contributed by atoms with Crippen LogP contribution in [0.25, 0.3) is 10.8 Å². The minimum Gasteiger partial charge on any atom is -0.351 e. The van der Waals surface area contributed by atoms with Crippen LogP contribution in [0.4, 0.5) is 0 Å². The summed E-state index contributed by atoms with van der Waals surface area (Å²) in [5.74, 6) is -0.887. The molecule has 144 valence electrons. The fraction of sp³-hybridized carbons (Fsp3) is 0.412. The maximum atomic E-state index is 12.3. The number of amides is 2. The first-order valence-corrected chi connectivity index (χ1v) is 10.3. The molecule has 2 unspecified atom stereocenters. The molecule has 1 saturated heterocycles. The van der Waals surface area contributed by atoms with Crippen molar-refractivity contribution in [2.75, 3.05) is 11.5 Å². The topological polar surface area (TPSA) is 138 Å². The number of benzene rings is 1. The minimum absolute atomic E-state index is 0.0592. The Morgan fingerprint density at radius 2 is 2.00 bits per heavy atom. The molecular formula is C17H20N4O5S. The molecule has 2 amide bonds. The summed E-state index contributed by atoms with van der Waals surface area (Å²) >= 11 is 0. The Morgan fingerprint density at radius 3 is 2.67 bits per heavy atom. The van der Waals surface area contributed by atoms with E-state index < -0.39 is 33.7 Å². The molecule has 10 heteroatoms. The van der Waals surface area contributed by atoms with Crippen molar-refractivity contribution in [3.63, 3.8) is 0 Å². The zero-order valence-corrected chi connectivity index (χ0v) is 15.5. The van der Waals surface area contributed by atoms with Gasteiger partial charge in [0.25, 0.3) is 5.56 Å². The van der Waals surface area contributed by atoms with E-state index in [2.05, 4.69) is 20.8 Å². The molecular weight excluding hydrogens is 372 g/mol. The lowest BCUT2D eigenvalue weighted by Crippen LogP contribution is -2.48. The number of fused-ring (bicyclic) bond motifs is 1. The van der Waals surface area contributed by atoms with E-state index in [1.54, 1.807) is 24.3 Å². The van der Waals surface area contributed by atoms with E-state index in [0.29, 0.717) is 22.9 Å². The van der Waals surface area contributed by atoms with Crippen LogP contribution in [0.3, 0.4) is 0 Å². The zero-order valence-electron chi connectivity index (χ0n) is 14.7. The molecule has 0 radical (unpaired) electrons. The number of aromatic nitrogens is 2. The molecule has 1 aromatic heterocycles. The first kappa shape index (κ1) is 19.0. The molecule has 0 saturated carbocycles. The van der Waals surface area contributed by atoms with Gasteiger partial charge in [0.2, 0.25) is 11.8 Å². The molecule has 3 N–H and O–H groups in total. The van der Waals surface area contributed by atoms with Crippen LogP contribution in [0, 0.1) is 0 Å². The number of carbonyl (C=O) groups is 2. The summed E-state index contributed by atoms with van der Waals surface area (Å²) in [6.07, 6.45) is 0.273. The van der Waals surface area contributed by atoms with Crippen molar-refractivity contribution in [3.05, 3.63) is 40.3 Å². The van der Waals surface area contributed by atoms with Crippen LogP contribution in [-0.4, -0.2) is 54.0 Å². The highest BCUT2D eigenvalue weighted by atomic mass is 32.2. The maximum absolute atomic E-state index is 12.3. The molecule has 2 aromatic rings. The normalized spacial score (nSPS) is 19.5. The molecule has 1 aliphatic heterocycles. The molecule has 2 heterocycles. The van der Waals surface area contributed by atoms with Crippen LogP contribution >= 0.6 is 0 Å². The summed E-state index contributed by atoms with van der Waals surface area (Å²) in [5.41, 5.74) is 0.0613. The predicted molar refractivity (Wildman–Crippen MR) is 98.9 cm³/mol. The Hall–Kier alpha value is -2.75. The number of rotatable bonds is 5. The first-order chi connectivity index (χ1) is 12.7. The SMILES string of the molecule is CC(NC(=O)Cc1n[nH]c(=O)c2ccccc12)C(=O)NC1CCS(=O)(=O)C1. The average Bonchev–Trinajstić information content (AvgIpc) is 2.96. The van der Waals surface area contributed by atoms with Gasteiger partial charge in [-0.25, -0.2) is 13.5 Å². The molecule has 1 fully saturated rings. The van der Waals surface area contributed by atoms with Gasteiger partial charge < -0.3 is 10.6 Å². The lowest BCUT2D eigenvalue weighted by atomic mass is 10.1. The number of hydrogen-bond donors (Lipinski definition) is 3. The van der Waals surface area contributed by atoms with E-state index in [1.165, 1.54) is 6.92 Å². The highest BCUT2D eigenvalue weighted by molar-refractivity contribution is 7.91. The molecule has 1 aliphatic rings. The van der Waals surface area contributed by atoms with Gasteiger partial charge in [-0.05, 0) is 19.4 Å². The minimum atomic E-state index is -3.09. The number of carbonyl (C=O) groups excluding carboxylic acids is 2. The largest absolute Gasteiger partial charge is 0.351 e. The Labute approximate surface area is 155 Å². The summed E-state index contributed by atoms with van der Waals surface area (Å²) < 4.78 is 22.9. The lowest BCUT2D eigenvalue weighted by molar-refractivity contribution is -0.128. The van der Waals surface area contributed by atoms with E-state index >= 15 is 0 Å². The second-order valence-corrected chi connectivity index (χ2v) is 8.85. The van der Waals surface area contributed by atoms with Gasteiger partial charge in [0.05, 0.1) is 29.0 Å². The number of hydrogen-bond acceptors (Lipinski definition) is 6. The first-order valence-electron chi connectivity index (χ1n) is 8.51. The zero-order chi connectivity index (χ0) is 19.6. The highest BCUT2D eigenvalue weighted by Crippen LogP contribution is 2.13. The Balaban J connectivity index is 1.62. The van der Waals surface area contributed by atoms with Gasteiger partial charge in [0.15, 0.2) is 9.84 Å². The van der Waals surface area contributed by atoms with Crippen molar-refractivity contribution in [1.29, 1.82) is 0 Å². The van der Waals surface area contributed by atoms with Gasteiger partial charge in [0.1, 0.15) is 6.04 Å². The third-order valence-corrected chi connectivity index (χ3v) is 6.22. The predicted octanol–water partition coefficient (Wildman–Crippen LogP) is -0.726. The summed E-state index contributed by atoms with van der Waals surface area (Å²) in [4.78, 5) is 36.2. The second kappa shape index (κ2) is 7.47. The lowest BCUT2D eigenvalue weighted by Gasteiger charge is -2.17. The van der Waals surface area contributed by atoms with Crippen molar-refractivity contribution in [1.82, 2.24) is 20.8 Å². The number of nitrogens with zero attached hydrogens (tertiary/aromatic N) is 1. The van der Waals surface area contributed by atoms with Crippen molar-refractivity contribution in [2.24, 2.45) is 0 Å². The molecule has 1 aromatic carbocycles. The third-order valence-electron chi connectivity index (χ3n) is 4.45. The van der Waals surface area contributed by atoms with Crippen LogP contribution in [0.5, 0.6) is 0 Å². The molecule has 0 aliphatic carbocycles. The number of H-pyrrole nitrogens is 1. The van der Waals surface area contributed by atoms with E-state index in [-0.39, 0.29) is 23.5 Å². The summed E-state index contributed by atoms with van der Waals surface area (Å²) in [6, 6.07) is 5.56. The third kappa shape index (κ3) is 4.51. The quantitative estimate of drug-likeness (QED) is 0.613. The summed E-state index contributed by atoms with van der Waals surface area (Å²) in [7, 11) is -3.09. The van der Waals surface area contributed by atoms with Crippen molar-refractivity contribution >= 4 is 32.4 Å². The summed E-state index contributed by atoms with van der Waals surface area (Å²) in [6.45, 7) is 1.52. The molecule has 9 nitrogen and oxygen atoms in total. The van der Waals surface area contributed by atoms with Crippen molar-refractivity contribution < 1.29 is 18.0 Å². The van der Waals surface area contributed by atoms with Gasteiger partial charge in [-0.2, -0.15) is 5.10 Å². The standard InChI is InChI=1S/C17H20N4O5S/c1-10(16(23)19-11-6-7-27(25,26)9-11)18-15(22)8-14-12-4-2-3-5-13(12)17(24)21-20-14/h2-5,10-11H,6-9H2,1H3,(H,18,22)(H,19,23)(H,21,24). The smallest absolute Gasteiger partial charge is 0.272 e. The van der Waals surface area contributed by atoms with Crippen LogP contribution in [-0.2, 0) is 25.8 Å². The molecule has 3 rings (SSSR count). The fourth-order valence-corrected chi connectivity index (χ4v) is 4.72. The van der Waals surface area contributed by atoms with Crippen LogP contribution in [0.15, 0.2) is 29.1 Å². The van der Waals surface area contributed by atoms with E-state index in [4.69, 9.17) is 0 Å². The van der Waals surface area contributed by atoms with Gasteiger partial charge >= 0.3 is 0 Å². The number of sulfone groups is 1. The van der Waals surface area contributed by atoms with Gasteiger partial charge in [-0.3, -0.25) is 14.4 Å². The average molecular weight is 392 g/mol. The molecule has 2 atom stereocenters. The Morgan fingerprint density at radius 1 is 1.30 bits per heavy atom. The van der Waals surface area contributed by atoms with Crippen LogP contribution in [0.2, 0.25) is 0 Å². The van der Waals surface area contributed by atoms with Gasteiger partial charge in [-0.1, -0.05) is 18.2 Å². The maximum Gasteiger partial charge on any atom is 0.272 e. The van der Waals surface area contributed by atoms with Crippen molar-refractivity contribution in [2.45, 2.75) is 31.8 Å². The van der Waals surface area contributed by atoms with Crippen LogP contribution in [0.1, 0.15) is 19.0 Å². The van der Waals surface area contributed by atoms with Gasteiger partial charge in [-0.15, -0.1) is 0 Å². The molecule has 27 heavy (non-hydrogen) atoms. The molecule has 0 bridgehead atoms. The van der Waals surface area contributed by atoms with E-state index in [1.807, 2.05) is 0 Å². The van der Waals surface area contributed by atoms with E-state index in [9.17, 15) is 22.8 Å². The number of nitrogens with one attached hydrogen (secondary N) is 3. The monoisotopic (exact) mass is 392 g/mol. The fourth-order valence-electron chi connectivity index (χ4n) is 3.05. The second-order valence-electron chi connectivity index (χ2n) is 6.62. The van der Waals surface area contributed by atoms with Crippen molar-refractivity contribution in [3.8, 4) is 0 Å². The summed E-state index contributed by atoms with van der Waals surface area (Å²) in [5, 5.41) is 12.5. The number of aromatic amines is 1. The van der Waals surface area contributed by atoms with Crippen LogP contribution < -0.4 is 16.2 Å². The Kier molecular flexibility index (Phi) is 5.26. The highest BCUT2D eigenvalue weighted by Gasteiger charge is 2.30. The Bertz CT molecular complexity index is 1050. The molecule has 0 spiro atoms. The van der Waals surface area contributed by atoms with E-state index in [0.717, 1.165) is 0 Å².